The minimum absolute atomic E-state index is 0.162. The average Bonchev–Trinajstić information content (AvgIpc) is 2.55. The van der Waals surface area contributed by atoms with E-state index in [1.807, 2.05) is 0 Å². The Morgan fingerprint density at radius 2 is 2.14 bits per heavy atom. The molecule has 72 valence electrons. The number of aromatic nitrogens is 3. The number of fused-ring (bicyclic) bond motifs is 1. The number of nitrogens with one attached hydrogen (secondary N) is 2. The minimum Gasteiger partial charge on any atom is -0.464 e. The minimum atomic E-state index is -0.533. The lowest BCUT2D eigenvalue weighted by molar-refractivity contribution is 0.0594. The molecular formula is C8H7N3O3. The number of H-pyrrole nitrogens is 2. The van der Waals surface area contributed by atoms with Crippen molar-refractivity contribution in [3.05, 3.63) is 28.4 Å². The summed E-state index contributed by atoms with van der Waals surface area (Å²) in [7, 11) is 1.27. The van der Waals surface area contributed by atoms with Gasteiger partial charge in [-0.3, -0.25) is 0 Å². The van der Waals surface area contributed by atoms with Crippen LogP contribution >= 0.6 is 0 Å². The van der Waals surface area contributed by atoms with E-state index >= 15 is 0 Å². The van der Waals surface area contributed by atoms with E-state index in [9.17, 15) is 9.59 Å². The number of rotatable bonds is 1. The Balaban J connectivity index is 2.61. The van der Waals surface area contributed by atoms with Crippen molar-refractivity contribution in [3.8, 4) is 0 Å². The van der Waals surface area contributed by atoms with Gasteiger partial charge in [-0.05, 0) is 6.07 Å². The molecule has 0 aliphatic rings. The Labute approximate surface area is 77.9 Å². The summed E-state index contributed by atoms with van der Waals surface area (Å²) >= 11 is 0. The Bertz CT molecular complexity index is 540. The molecule has 0 bridgehead atoms. The van der Waals surface area contributed by atoms with Crippen molar-refractivity contribution in [2.75, 3.05) is 7.11 Å². The van der Waals surface area contributed by atoms with Gasteiger partial charge in [0.1, 0.15) is 0 Å². The van der Waals surface area contributed by atoms with E-state index in [4.69, 9.17) is 0 Å². The maximum Gasteiger partial charge on any atom is 0.356 e. The molecular weight excluding hydrogens is 186 g/mol. The lowest BCUT2D eigenvalue weighted by Gasteiger charge is -1.96. The molecule has 0 saturated heterocycles. The molecule has 0 aliphatic carbocycles. The third kappa shape index (κ3) is 1.26. The zero-order valence-corrected chi connectivity index (χ0v) is 7.33. The summed E-state index contributed by atoms with van der Waals surface area (Å²) in [4.78, 5) is 30.8. The maximum atomic E-state index is 11.1. The number of esters is 1. The van der Waals surface area contributed by atoms with Gasteiger partial charge in [-0.2, -0.15) is 0 Å². The van der Waals surface area contributed by atoms with Gasteiger partial charge in [0.05, 0.1) is 24.3 Å². The molecule has 6 heteroatoms. The number of carbonyl (C=O) groups is 1. The van der Waals surface area contributed by atoms with Crippen LogP contribution in [0.5, 0.6) is 0 Å². The van der Waals surface area contributed by atoms with Crippen LogP contribution in [0.15, 0.2) is 17.1 Å². The second kappa shape index (κ2) is 2.99. The van der Waals surface area contributed by atoms with E-state index in [2.05, 4.69) is 19.7 Å². The number of methoxy groups -OCH3 is 1. The Kier molecular flexibility index (Phi) is 1.81. The van der Waals surface area contributed by atoms with Crippen molar-refractivity contribution in [3.63, 3.8) is 0 Å². The molecule has 0 fully saturated rings. The molecule has 0 amide bonds. The second-order valence-corrected chi connectivity index (χ2v) is 2.69. The first-order chi connectivity index (χ1) is 6.70. The first-order valence-electron chi connectivity index (χ1n) is 3.87. The number of pyridine rings is 1. The van der Waals surface area contributed by atoms with Crippen LogP contribution in [0.4, 0.5) is 0 Å². The number of hydrogen-bond acceptors (Lipinski definition) is 4. The number of imidazole rings is 1. The van der Waals surface area contributed by atoms with Crippen molar-refractivity contribution in [1.82, 2.24) is 15.0 Å². The van der Waals surface area contributed by atoms with E-state index in [0.717, 1.165) is 0 Å². The van der Waals surface area contributed by atoms with Crippen molar-refractivity contribution >= 4 is 17.0 Å². The number of aromatic amines is 2. The summed E-state index contributed by atoms with van der Waals surface area (Å²) < 4.78 is 4.49. The lowest BCUT2D eigenvalue weighted by atomic mass is 10.3. The van der Waals surface area contributed by atoms with Crippen LogP contribution in [0.1, 0.15) is 10.5 Å². The molecule has 2 N–H and O–H groups in total. The van der Waals surface area contributed by atoms with Crippen molar-refractivity contribution in [1.29, 1.82) is 0 Å². The summed E-state index contributed by atoms with van der Waals surface area (Å²) in [6, 6.07) is 1.46. The SMILES string of the molecule is COC(=O)c1cc2[nH]c(=O)[nH]c2cn1. The molecule has 0 unspecified atom stereocenters. The number of nitrogens with zero attached hydrogens (tertiary/aromatic N) is 1. The van der Waals surface area contributed by atoms with Crippen LogP contribution in [0.2, 0.25) is 0 Å². The van der Waals surface area contributed by atoms with Crippen molar-refractivity contribution < 1.29 is 9.53 Å². The second-order valence-electron chi connectivity index (χ2n) is 2.69. The van der Waals surface area contributed by atoms with Crippen LogP contribution in [-0.2, 0) is 4.74 Å². The first-order valence-corrected chi connectivity index (χ1v) is 3.87. The molecule has 2 aromatic rings. The van der Waals surface area contributed by atoms with Gasteiger partial charge in [-0.15, -0.1) is 0 Å². The molecule has 0 aliphatic heterocycles. The largest absolute Gasteiger partial charge is 0.464 e. The molecule has 0 saturated carbocycles. The summed E-state index contributed by atoms with van der Waals surface area (Å²) in [5, 5.41) is 0. The summed E-state index contributed by atoms with van der Waals surface area (Å²) in [6.45, 7) is 0. The van der Waals surface area contributed by atoms with Gasteiger partial charge in [-0.1, -0.05) is 0 Å². The molecule has 14 heavy (non-hydrogen) atoms. The summed E-state index contributed by atoms with van der Waals surface area (Å²) in [5.74, 6) is -0.533. The summed E-state index contributed by atoms with van der Waals surface area (Å²) in [5.41, 5.74) is 0.923. The van der Waals surface area contributed by atoms with Crippen LogP contribution in [0.25, 0.3) is 11.0 Å². The fourth-order valence-corrected chi connectivity index (χ4v) is 1.15. The average molecular weight is 193 g/mol. The standard InChI is InChI=1S/C8H7N3O3/c1-14-7(12)5-2-4-6(3-9-5)11-8(13)10-4/h2-3H,1H3,(H2,10,11,13). The van der Waals surface area contributed by atoms with E-state index in [1.54, 1.807) is 0 Å². The van der Waals surface area contributed by atoms with E-state index in [1.165, 1.54) is 19.4 Å². The number of ether oxygens (including phenoxy) is 1. The molecule has 2 rings (SSSR count). The van der Waals surface area contributed by atoms with Crippen LogP contribution in [0, 0.1) is 0 Å². The van der Waals surface area contributed by atoms with E-state index < -0.39 is 5.97 Å². The topological polar surface area (TPSA) is 87.8 Å². The number of carbonyl (C=O) groups excluding carboxylic acids is 1. The molecule has 2 heterocycles. The highest BCUT2D eigenvalue weighted by atomic mass is 16.5. The molecule has 6 nitrogen and oxygen atoms in total. The van der Waals surface area contributed by atoms with Crippen LogP contribution in [0.3, 0.4) is 0 Å². The van der Waals surface area contributed by atoms with Gasteiger partial charge in [0.2, 0.25) is 0 Å². The highest BCUT2D eigenvalue weighted by Gasteiger charge is 2.08. The first kappa shape index (κ1) is 8.49. The molecule has 0 atom stereocenters. The molecule has 0 radical (unpaired) electrons. The highest BCUT2D eigenvalue weighted by molar-refractivity contribution is 5.90. The van der Waals surface area contributed by atoms with Crippen LogP contribution in [-0.4, -0.2) is 28.0 Å². The number of hydrogen-bond donors (Lipinski definition) is 2. The third-order valence-electron chi connectivity index (χ3n) is 1.79. The highest BCUT2D eigenvalue weighted by Crippen LogP contribution is 2.07. The lowest BCUT2D eigenvalue weighted by Crippen LogP contribution is -2.03. The van der Waals surface area contributed by atoms with Crippen molar-refractivity contribution in [2.24, 2.45) is 0 Å². The van der Waals surface area contributed by atoms with Gasteiger partial charge in [0.15, 0.2) is 5.69 Å². The van der Waals surface area contributed by atoms with Crippen molar-refractivity contribution in [2.45, 2.75) is 0 Å². The van der Waals surface area contributed by atoms with Gasteiger partial charge < -0.3 is 14.7 Å². The van der Waals surface area contributed by atoms with Crippen LogP contribution < -0.4 is 5.69 Å². The third-order valence-corrected chi connectivity index (χ3v) is 1.79. The molecule has 0 aromatic carbocycles. The monoisotopic (exact) mass is 193 g/mol. The summed E-state index contributed by atoms with van der Waals surface area (Å²) in [6.07, 6.45) is 1.40. The molecule has 0 spiro atoms. The van der Waals surface area contributed by atoms with E-state index in [0.29, 0.717) is 11.0 Å². The van der Waals surface area contributed by atoms with E-state index in [-0.39, 0.29) is 11.4 Å². The van der Waals surface area contributed by atoms with Gasteiger partial charge in [-0.25, -0.2) is 14.6 Å². The maximum absolute atomic E-state index is 11.1. The Hall–Kier alpha value is -2.11. The Morgan fingerprint density at radius 1 is 1.43 bits per heavy atom. The Morgan fingerprint density at radius 3 is 2.86 bits per heavy atom. The zero-order valence-electron chi connectivity index (χ0n) is 7.33. The normalized spacial score (nSPS) is 10.4. The van der Waals surface area contributed by atoms with Gasteiger partial charge in [0.25, 0.3) is 0 Å². The predicted octanol–water partition coefficient (Wildman–Crippen LogP) is 0.0378. The zero-order chi connectivity index (χ0) is 10.1. The predicted molar refractivity (Wildman–Crippen MR) is 48.1 cm³/mol. The molecule has 2 aromatic heterocycles. The fourth-order valence-electron chi connectivity index (χ4n) is 1.15. The van der Waals surface area contributed by atoms with Gasteiger partial charge >= 0.3 is 11.7 Å². The smallest absolute Gasteiger partial charge is 0.356 e. The fraction of sp³-hybridized carbons (Fsp3) is 0.125. The quantitative estimate of drug-likeness (QED) is 0.626. The van der Waals surface area contributed by atoms with Gasteiger partial charge in [0, 0.05) is 0 Å².